The molecule has 1 atom stereocenters. The van der Waals surface area contributed by atoms with E-state index in [0.717, 1.165) is 38.3 Å². The monoisotopic (exact) mass is 352 g/mol. The molecule has 7 heteroatoms. The number of nitrogens with zero attached hydrogens (tertiary/aromatic N) is 3. The summed E-state index contributed by atoms with van der Waals surface area (Å²) in [7, 11) is 2.13. The first kappa shape index (κ1) is 16.5. The zero-order valence-electron chi connectivity index (χ0n) is 13.4. The first-order chi connectivity index (χ1) is 11.0. The number of hydrogen-bond donors (Lipinski definition) is 1. The average molecular weight is 353 g/mol. The minimum absolute atomic E-state index is 0.0420. The van der Waals surface area contributed by atoms with Crippen molar-refractivity contribution in [3.05, 3.63) is 39.1 Å². The molecule has 3 rings (SSSR count). The Bertz CT molecular complexity index is 683. The summed E-state index contributed by atoms with van der Waals surface area (Å²) in [4.78, 5) is 25.2. The van der Waals surface area contributed by atoms with Crippen molar-refractivity contribution in [3.8, 4) is 0 Å². The van der Waals surface area contributed by atoms with E-state index in [9.17, 15) is 4.79 Å². The molecule has 1 aliphatic rings. The van der Waals surface area contributed by atoms with Crippen LogP contribution in [0.2, 0.25) is 5.02 Å². The molecule has 2 aromatic rings. The Morgan fingerprint density at radius 1 is 1.61 bits per heavy atom. The predicted molar refractivity (Wildman–Crippen MR) is 93.0 cm³/mol. The topological polar surface area (TPSA) is 52.2 Å². The third-order valence-electron chi connectivity index (χ3n) is 4.28. The molecule has 0 bridgehead atoms. The molecule has 1 aliphatic heterocycles. The van der Waals surface area contributed by atoms with E-state index >= 15 is 0 Å². The maximum atomic E-state index is 12.4. The smallest absolute Gasteiger partial charge is 0.270 e. The second-order valence-electron chi connectivity index (χ2n) is 6.20. The number of amides is 1. The van der Waals surface area contributed by atoms with Gasteiger partial charge in [-0.3, -0.25) is 4.79 Å². The molecule has 3 heterocycles. The minimum Gasteiger partial charge on any atom is -0.356 e. The van der Waals surface area contributed by atoms with Gasteiger partial charge in [0.15, 0.2) is 0 Å². The van der Waals surface area contributed by atoms with E-state index in [2.05, 4.69) is 28.8 Å². The lowest BCUT2D eigenvalue weighted by Gasteiger charge is -2.21. The van der Waals surface area contributed by atoms with Gasteiger partial charge in [0, 0.05) is 37.3 Å². The summed E-state index contributed by atoms with van der Waals surface area (Å²) in [5.74, 6) is 0.558. The number of halogens is 1. The van der Waals surface area contributed by atoms with Gasteiger partial charge in [0.1, 0.15) is 5.69 Å². The summed E-state index contributed by atoms with van der Waals surface area (Å²) in [6.45, 7) is 5.59. The largest absolute Gasteiger partial charge is 0.356 e. The number of aryl methyl sites for hydroxylation is 1. The van der Waals surface area contributed by atoms with Gasteiger partial charge < -0.3 is 14.8 Å². The van der Waals surface area contributed by atoms with E-state index in [1.165, 1.54) is 4.88 Å². The molecule has 0 unspecified atom stereocenters. The number of thiazole rings is 1. The second-order valence-corrected chi connectivity index (χ2v) is 7.57. The molecule has 124 valence electrons. The highest BCUT2D eigenvalue weighted by Crippen LogP contribution is 2.22. The Balaban J connectivity index is 1.51. The lowest BCUT2D eigenvalue weighted by Crippen LogP contribution is -2.31. The van der Waals surface area contributed by atoms with Gasteiger partial charge >= 0.3 is 0 Å². The van der Waals surface area contributed by atoms with Crippen LogP contribution in [0.25, 0.3) is 0 Å². The van der Waals surface area contributed by atoms with Crippen molar-refractivity contribution in [2.24, 2.45) is 5.92 Å². The van der Waals surface area contributed by atoms with Crippen LogP contribution in [0, 0.1) is 12.8 Å². The Kier molecular flexibility index (Phi) is 5.04. The van der Waals surface area contributed by atoms with Crippen molar-refractivity contribution < 1.29 is 4.79 Å². The molecule has 0 aromatic carbocycles. The number of aromatic amines is 1. The fourth-order valence-corrected chi connectivity index (χ4v) is 4.08. The molecule has 2 aromatic heterocycles. The van der Waals surface area contributed by atoms with Gasteiger partial charge in [-0.25, -0.2) is 4.98 Å². The number of hydrogen-bond acceptors (Lipinski definition) is 4. The summed E-state index contributed by atoms with van der Waals surface area (Å²) in [5.41, 5.74) is 3.59. The normalized spacial score (nSPS) is 18.1. The van der Waals surface area contributed by atoms with Crippen LogP contribution in [0.3, 0.4) is 0 Å². The van der Waals surface area contributed by atoms with Crippen LogP contribution in [0.5, 0.6) is 0 Å². The van der Waals surface area contributed by atoms with Crippen LogP contribution in [-0.4, -0.2) is 52.4 Å². The molecule has 0 saturated carbocycles. The fourth-order valence-electron chi connectivity index (χ4n) is 3.06. The summed E-state index contributed by atoms with van der Waals surface area (Å²) in [6, 6.07) is 1.69. The SMILES string of the molecule is Cc1ncsc1CN(C)C[C@@H]1CCN(C(=O)c2cc(Cl)c[nH]2)C1. The standard InChI is InChI=1S/C16H21ClN4OS/c1-11-15(23-10-19-11)9-20(2)7-12-3-4-21(8-12)16(22)14-5-13(17)6-18-14/h5-6,10,12,18H,3-4,7-9H2,1-2H3/t12-/m0/s1. The number of H-pyrrole nitrogens is 1. The molecule has 23 heavy (non-hydrogen) atoms. The molecule has 1 fully saturated rings. The van der Waals surface area contributed by atoms with E-state index in [1.54, 1.807) is 23.6 Å². The maximum absolute atomic E-state index is 12.4. The van der Waals surface area contributed by atoms with Crippen LogP contribution < -0.4 is 0 Å². The van der Waals surface area contributed by atoms with E-state index in [0.29, 0.717) is 16.6 Å². The molecular formula is C16H21ClN4OS. The average Bonchev–Trinajstić information content (AvgIpc) is 3.22. The molecule has 1 N–H and O–H groups in total. The van der Waals surface area contributed by atoms with Crippen LogP contribution in [0.1, 0.15) is 27.5 Å². The van der Waals surface area contributed by atoms with Crippen LogP contribution in [0.4, 0.5) is 0 Å². The van der Waals surface area contributed by atoms with Crippen molar-refractivity contribution in [2.75, 3.05) is 26.7 Å². The fraction of sp³-hybridized carbons (Fsp3) is 0.500. The van der Waals surface area contributed by atoms with Crippen LogP contribution >= 0.6 is 22.9 Å². The van der Waals surface area contributed by atoms with Crippen molar-refractivity contribution >= 4 is 28.8 Å². The number of aromatic nitrogens is 2. The van der Waals surface area contributed by atoms with Gasteiger partial charge in [-0.2, -0.15) is 0 Å². The summed E-state index contributed by atoms with van der Waals surface area (Å²) in [5, 5.41) is 0.573. The zero-order valence-corrected chi connectivity index (χ0v) is 15.0. The number of rotatable bonds is 5. The number of carbonyl (C=O) groups is 1. The minimum atomic E-state index is 0.0420. The van der Waals surface area contributed by atoms with Gasteiger partial charge in [0.25, 0.3) is 5.91 Å². The molecule has 0 aliphatic carbocycles. The number of carbonyl (C=O) groups excluding carboxylic acids is 1. The van der Waals surface area contributed by atoms with E-state index in [-0.39, 0.29) is 5.91 Å². The maximum Gasteiger partial charge on any atom is 0.270 e. The van der Waals surface area contributed by atoms with E-state index in [4.69, 9.17) is 11.6 Å². The molecule has 1 saturated heterocycles. The third-order valence-corrected chi connectivity index (χ3v) is 5.42. The lowest BCUT2D eigenvalue weighted by atomic mass is 10.1. The Morgan fingerprint density at radius 3 is 3.09 bits per heavy atom. The summed E-state index contributed by atoms with van der Waals surface area (Å²) < 4.78 is 0. The van der Waals surface area contributed by atoms with Gasteiger partial charge in [-0.05, 0) is 32.4 Å². The highest BCUT2D eigenvalue weighted by atomic mass is 35.5. The Hall–Kier alpha value is -1.37. The van der Waals surface area contributed by atoms with E-state index < -0.39 is 0 Å². The Labute approximate surface area is 145 Å². The molecule has 5 nitrogen and oxygen atoms in total. The summed E-state index contributed by atoms with van der Waals surface area (Å²) >= 11 is 7.58. The van der Waals surface area contributed by atoms with Crippen molar-refractivity contribution in [3.63, 3.8) is 0 Å². The third kappa shape index (κ3) is 3.94. The lowest BCUT2D eigenvalue weighted by molar-refractivity contribution is 0.0779. The number of likely N-dealkylation sites (tertiary alicyclic amines) is 1. The van der Waals surface area contributed by atoms with Gasteiger partial charge in [0.05, 0.1) is 16.2 Å². The van der Waals surface area contributed by atoms with Gasteiger partial charge in [0.2, 0.25) is 0 Å². The first-order valence-corrected chi connectivity index (χ1v) is 8.99. The highest BCUT2D eigenvalue weighted by molar-refractivity contribution is 7.09. The zero-order chi connectivity index (χ0) is 16.4. The number of nitrogens with one attached hydrogen (secondary N) is 1. The first-order valence-electron chi connectivity index (χ1n) is 7.73. The van der Waals surface area contributed by atoms with Crippen molar-refractivity contribution in [1.82, 2.24) is 19.8 Å². The quantitative estimate of drug-likeness (QED) is 0.899. The van der Waals surface area contributed by atoms with Crippen molar-refractivity contribution in [2.45, 2.75) is 19.9 Å². The molecule has 0 spiro atoms. The summed E-state index contributed by atoms with van der Waals surface area (Å²) in [6.07, 6.45) is 2.69. The van der Waals surface area contributed by atoms with Crippen LogP contribution in [-0.2, 0) is 6.54 Å². The van der Waals surface area contributed by atoms with Gasteiger partial charge in [-0.1, -0.05) is 11.6 Å². The van der Waals surface area contributed by atoms with Gasteiger partial charge in [-0.15, -0.1) is 11.3 Å². The van der Waals surface area contributed by atoms with E-state index in [1.807, 2.05) is 10.4 Å². The second kappa shape index (κ2) is 7.03. The molecular weight excluding hydrogens is 332 g/mol. The van der Waals surface area contributed by atoms with Crippen LogP contribution in [0.15, 0.2) is 17.8 Å². The molecule has 1 amide bonds. The highest BCUT2D eigenvalue weighted by Gasteiger charge is 2.28. The Morgan fingerprint density at radius 2 is 2.43 bits per heavy atom. The molecule has 0 radical (unpaired) electrons. The predicted octanol–water partition coefficient (Wildman–Crippen LogP) is 3.03. The van der Waals surface area contributed by atoms with Crippen molar-refractivity contribution in [1.29, 1.82) is 0 Å².